The highest BCUT2D eigenvalue weighted by Crippen LogP contribution is 2.32. The van der Waals surface area contributed by atoms with E-state index < -0.39 is 12.0 Å². The average molecular weight is 311 g/mol. The fourth-order valence-corrected chi connectivity index (χ4v) is 3.20. The van der Waals surface area contributed by atoms with Crippen molar-refractivity contribution in [2.75, 3.05) is 11.9 Å². The Morgan fingerprint density at radius 3 is 2.67 bits per heavy atom. The van der Waals surface area contributed by atoms with E-state index in [0.29, 0.717) is 30.0 Å². The van der Waals surface area contributed by atoms with Gasteiger partial charge in [0.15, 0.2) is 0 Å². The number of carbonyl (C=O) groups excluding carboxylic acids is 2. The maximum absolute atomic E-state index is 11.9. The molecule has 3 amide bonds. The van der Waals surface area contributed by atoms with Gasteiger partial charge in [0, 0.05) is 23.9 Å². The predicted octanol–water partition coefficient (Wildman–Crippen LogP) is 1.46. The molecule has 114 valence electrons. The van der Waals surface area contributed by atoms with E-state index in [1.807, 2.05) is 6.92 Å². The van der Waals surface area contributed by atoms with Crippen LogP contribution in [0.2, 0.25) is 0 Å². The topological polar surface area (TPSA) is 108 Å². The molecule has 2 heterocycles. The molecule has 7 nitrogen and oxygen atoms in total. The van der Waals surface area contributed by atoms with Crippen LogP contribution < -0.4 is 16.0 Å². The van der Waals surface area contributed by atoms with Crippen molar-refractivity contribution in [3.05, 3.63) is 16.0 Å². The van der Waals surface area contributed by atoms with Crippen molar-refractivity contribution in [3.8, 4) is 0 Å². The molecule has 1 unspecified atom stereocenters. The smallest absolute Gasteiger partial charge is 0.338 e. The Kier molecular flexibility index (Phi) is 4.46. The van der Waals surface area contributed by atoms with Crippen molar-refractivity contribution >= 4 is 34.2 Å². The van der Waals surface area contributed by atoms with Gasteiger partial charge in [-0.2, -0.15) is 0 Å². The summed E-state index contributed by atoms with van der Waals surface area (Å²) in [6, 6.07) is -0.599. The van der Waals surface area contributed by atoms with E-state index in [4.69, 9.17) is 0 Å². The number of urea groups is 1. The van der Waals surface area contributed by atoms with Crippen LogP contribution in [0.15, 0.2) is 0 Å². The van der Waals surface area contributed by atoms with Crippen LogP contribution in [0, 0.1) is 13.8 Å². The number of carbonyl (C=O) groups is 3. The lowest BCUT2D eigenvalue weighted by molar-refractivity contribution is -0.122. The second-order valence-electron chi connectivity index (χ2n) is 4.93. The van der Waals surface area contributed by atoms with E-state index in [0.717, 1.165) is 4.88 Å². The number of aromatic carboxylic acids is 1. The van der Waals surface area contributed by atoms with Crippen molar-refractivity contribution in [2.24, 2.45) is 0 Å². The van der Waals surface area contributed by atoms with Gasteiger partial charge in [0.1, 0.15) is 5.00 Å². The molecule has 1 saturated heterocycles. The molecular formula is C13H17N3O4S. The minimum Gasteiger partial charge on any atom is -0.478 e. The van der Waals surface area contributed by atoms with Gasteiger partial charge in [-0.25, -0.2) is 9.59 Å². The number of thiophene rings is 1. The number of rotatable bonds is 3. The minimum atomic E-state index is -1.06. The summed E-state index contributed by atoms with van der Waals surface area (Å²) in [7, 11) is 0. The van der Waals surface area contributed by atoms with Crippen LogP contribution >= 0.6 is 11.3 Å². The van der Waals surface area contributed by atoms with Gasteiger partial charge in [0.2, 0.25) is 5.91 Å². The Morgan fingerprint density at radius 1 is 1.38 bits per heavy atom. The van der Waals surface area contributed by atoms with Gasteiger partial charge in [-0.1, -0.05) is 0 Å². The summed E-state index contributed by atoms with van der Waals surface area (Å²) in [6.07, 6.45) is 0.954. The third-order valence-electron chi connectivity index (χ3n) is 3.43. The van der Waals surface area contributed by atoms with Crippen LogP contribution in [-0.4, -0.2) is 35.6 Å². The van der Waals surface area contributed by atoms with Gasteiger partial charge in [-0.05, 0) is 25.8 Å². The number of hydrogen-bond donors (Lipinski definition) is 4. The Balaban J connectivity index is 2.01. The molecule has 0 aliphatic carbocycles. The van der Waals surface area contributed by atoms with E-state index in [9.17, 15) is 19.5 Å². The molecule has 21 heavy (non-hydrogen) atoms. The summed E-state index contributed by atoms with van der Waals surface area (Å²) in [5.74, 6) is -1.08. The summed E-state index contributed by atoms with van der Waals surface area (Å²) < 4.78 is 0. The average Bonchev–Trinajstić information content (AvgIpc) is 2.67. The van der Waals surface area contributed by atoms with E-state index in [1.165, 1.54) is 11.3 Å². The van der Waals surface area contributed by atoms with E-state index in [-0.39, 0.29) is 17.5 Å². The summed E-state index contributed by atoms with van der Waals surface area (Å²) in [5.41, 5.74) is 0.789. The van der Waals surface area contributed by atoms with Gasteiger partial charge >= 0.3 is 12.0 Å². The van der Waals surface area contributed by atoms with Gasteiger partial charge in [-0.15, -0.1) is 11.3 Å². The van der Waals surface area contributed by atoms with E-state index in [1.54, 1.807) is 6.92 Å². The highest BCUT2D eigenvalue weighted by Gasteiger charge is 2.23. The zero-order valence-corrected chi connectivity index (χ0v) is 12.6. The summed E-state index contributed by atoms with van der Waals surface area (Å²) in [6.45, 7) is 3.92. The third kappa shape index (κ3) is 3.52. The zero-order chi connectivity index (χ0) is 15.6. The molecule has 0 aromatic carbocycles. The Hall–Kier alpha value is -2.09. The molecule has 2 rings (SSSR count). The third-order valence-corrected chi connectivity index (χ3v) is 4.55. The van der Waals surface area contributed by atoms with Crippen molar-refractivity contribution in [1.29, 1.82) is 0 Å². The fraction of sp³-hybridized carbons (Fsp3) is 0.462. The SMILES string of the molecule is Cc1sc(NC(=O)NC2CCC(=O)NC2)c(C(=O)O)c1C. The van der Waals surface area contributed by atoms with Crippen LogP contribution in [0.1, 0.15) is 33.6 Å². The number of carboxylic acids is 1. The quantitative estimate of drug-likeness (QED) is 0.678. The molecule has 1 aromatic rings. The van der Waals surface area contributed by atoms with E-state index in [2.05, 4.69) is 16.0 Å². The largest absolute Gasteiger partial charge is 0.478 e. The molecule has 0 saturated carbocycles. The molecule has 1 atom stereocenters. The molecule has 1 aromatic heterocycles. The Bertz CT molecular complexity index is 586. The van der Waals surface area contributed by atoms with Crippen molar-refractivity contribution in [3.63, 3.8) is 0 Å². The number of carboxylic acid groups (broad SMARTS) is 1. The number of amides is 3. The number of hydrogen-bond acceptors (Lipinski definition) is 4. The lowest BCUT2D eigenvalue weighted by Crippen LogP contribution is -2.48. The van der Waals surface area contributed by atoms with Crippen LogP contribution in [0.4, 0.5) is 9.80 Å². The summed E-state index contributed by atoms with van der Waals surface area (Å²) in [4.78, 5) is 35.1. The Labute approximate surface area is 125 Å². The van der Waals surface area contributed by atoms with Gasteiger partial charge in [0.25, 0.3) is 0 Å². The lowest BCUT2D eigenvalue weighted by Gasteiger charge is -2.23. The Morgan fingerprint density at radius 2 is 2.10 bits per heavy atom. The number of nitrogens with one attached hydrogen (secondary N) is 3. The second-order valence-corrected chi connectivity index (χ2v) is 6.16. The van der Waals surface area contributed by atoms with Crippen LogP contribution in [0.5, 0.6) is 0 Å². The zero-order valence-electron chi connectivity index (χ0n) is 11.8. The first-order valence-corrected chi connectivity index (χ1v) is 7.37. The maximum Gasteiger partial charge on any atom is 0.338 e. The molecule has 0 bridgehead atoms. The first-order chi connectivity index (χ1) is 9.88. The fourth-order valence-electron chi connectivity index (χ4n) is 2.15. The van der Waals surface area contributed by atoms with Crippen LogP contribution in [-0.2, 0) is 4.79 Å². The maximum atomic E-state index is 11.9. The molecule has 1 aliphatic rings. The van der Waals surface area contributed by atoms with E-state index >= 15 is 0 Å². The number of anilines is 1. The molecular weight excluding hydrogens is 294 g/mol. The monoisotopic (exact) mass is 311 g/mol. The molecule has 1 fully saturated rings. The molecule has 1 aliphatic heterocycles. The van der Waals surface area contributed by atoms with Crippen molar-refractivity contribution in [1.82, 2.24) is 10.6 Å². The lowest BCUT2D eigenvalue weighted by atomic mass is 10.1. The van der Waals surface area contributed by atoms with Crippen LogP contribution in [0.25, 0.3) is 0 Å². The molecule has 4 N–H and O–H groups in total. The van der Waals surface area contributed by atoms with Crippen molar-refractivity contribution in [2.45, 2.75) is 32.7 Å². The first-order valence-electron chi connectivity index (χ1n) is 6.56. The molecule has 0 radical (unpaired) electrons. The minimum absolute atomic E-state index is 0.0221. The predicted molar refractivity (Wildman–Crippen MR) is 78.9 cm³/mol. The highest BCUT2D eigenvalue weighted by molar-refractivity contribution is 7.16. The number of aryl methyl sites for hydroxylation is 1. The summed E-state index contributed by atoms with van der Waals surface area (Å²) in [5, 5.41) is 17.5. The highest BCUT2D eigenvalue weighted by atomic mass is 32.1. The van der Waals surface area contributed by atoms with Crippen molar-refractivity contribution < 1.29 is 19.5 Å². The molecule has 0 spiro atoms. The van der Waals surface area contributed by atoms with Gasteiger partial charge < -0.3 is 15.7 Å². The summed E-state index contributed by atoms with van der Waals surface area (Å²) >= 11 is 1.24. The molecule has 8 heteroatoms. The van der Waals surface area contributed by atoms with Crippen LogP contribution in [0.3, 0.4) is 0 Å². The number of piperidine rings is 1. The second kappa shape index (κ2) is 6.13. The van der Waals surface area contributed by atoms with Gasteiger partial charge in [0.05, 0.1) is 5.56 Å². The first kappa shape index (κ1) is 15.3. The van der Waals surface area contributed by atoms with Gasteiger partial charge in [-0.3, -0.25) is 10.1 Å². The standard InChI is InChI=1S/C13H17N3O4S/c1-6-7(2)21-11(10(6)12(18)19)16-13(20)15-8-3-4-9(17)14-5-8/h8H,3-5H2,1-2H3,(H,14,17)(H,18,19)(H2,15,16,20). The normalized spacial score (nSPS) is 18.0.